The molecule has 0 aromatic heterocycles. The summed E-state index contributed by atoms with van der Waals surface area (Å²) in [6.07, 6.45) is 0.804. The highest BCUT2D eigenvalue weighted by molar-refractivity contribution is 7.80. The van der Waals surface area contributed by atoms with Gasteiger partial charge >= 0.3 is 0 Å². The highest BCUT2D eigenvalue weighted by atomic mass is 32.1. The summed E-state index contributed by atoms with van der Waals surface area (Å²) in [6.45, 7) is 2.97. The minimum atomic E-state index is -0.579. The van der Waals surface area contributed by atoms with Crippen molar-refractivity contribution in [1.29, 1.82) is 0 Å². The minimum absolute atomic E-state index is 0.0519. The maximum atomic E-state index is 12.8. The molecule has 0 bridgehead atoms. The number of carbonyl (C=O) groups is 2. The highest BCUT2D eigenvalue weighted by Crippen LogP contribution is 2.22. The Morgan fingerprint density at radius 1 is 1.14 bits per heavy atom. The zero-order valence-corrected chi connectivity index (χ0v) is 17.4. The van der Waals surface area contributed by atoms with Gasteiger partial charge in [0.25, 0.3) is 5.91 Å². The first kappa shape index (κ1) is 20.8. The van der Waals surface area contributed by atoms with Gasteiger partial charge in [0.1, 0.15) is 11.8 Å². The fourth-order valence-corrected chi connectivity index (χ4v) is 3.83. The number of benzene rings is 2. The summed E-state index contributed by atoms with van der Waals surface area (Å²) >= 11 is 5.53. The number of thiocarbonyl (C=S) groups is 1. The second-order valence-corrected chi connectivity index (χ2v) is 7.16. The van der Waals surface area contributed by atoms with Crippen LogP contribution in [0, 0.1) is 0 Å². The molecule has 152 valence electrons. The van der Waals surface area contributed by atoms with E-state index in [-0.39, 0.29) is 18.2 Å². The number of nitrogens with one attached hydrogen (secondary N) is 1. The first-order valence-corrected chi connectivity index (χ1v) is 10.0. The van der Waals surface area contributed by atoms with Gasteiger partial charge in [0.2, 0.25) is 5.91 Å². The molecule has 0 saturated carbocycles. The Morgan fingerprint density at radius 3 is 2.45 bits per heavy atom. The normalized spacial score (nSPS) is 16.3. The molecule has 1 heterocycles. The molecule has 1 aliphatic rings. The van der Waals surface area contributed by atoms with Crippen molar-refractivity contribution in [3.8, 4) is 5.75 Å². The minimum Gasteiger partial charge on any atom is -0.497 e. The molecule has 0 unspecified atom stereocenters. The molecule has 3 rings (SSSR count). The van der Waals surface area contributed by atoms with Crippen molar-refractivity contribution in [2.75, 3.05) is 25.5 Å². The van der Waals surface area contributed by atoms with Crippen LogP contribution in [-0.4, -0.2) is 53.0 Å². The van der Waals surface area contributed by atoms with E-state index in [4.69, 9.17) is 17.0 Å². The highest BCUT2D eigenvalue weighted by Gasteiger charge is 2.42. The number of likely N-dealkylation sites (N-methyl/N-ethyl adjacent to an activating group) is 1. The van der Waals surface area contributed by atoms with Gasteiger partial charge in [-0.15, -0.1) is 0 Å². The Hall–Kier alpha value is -2.93. The fourth-order valence-electron chi connectivity index (χ4n) is 3.39. The Bertz CT molecular complexity index is 871. The van der Waals surface area contributed by atoms with Crippen molar-refractivity contribution in [2.45, 2.75) is 25.8 Å². The smallest absolute Gasteiger partial charge is 0.252 e. The van der Waals surface area contributed by atoms with E-state index in [1.807, 2.05) is 42.2 Å². The van der Waals surface area contributed by atoms with Crippen LogP contribution in [0.5, 0.6) is 5.75 Å². The molecular formula is C22H25N3O3S. The first-order valence-electron chi connectivity index (χ1n) is 9.63. The molecule has 29 heavy (non-hydrogen) atoms. The van der Waals surface area contributed by atoms with E-state index in [1.54, 1.807) is 36.3 Å². The van der Waals surface area contributed by atoms with Gasteiger partial charge in [0.05, 0.1) is 13.5 Å². The zero-order valence-electron chi connectivity index (χ0n) is 16.6. The number of nitrogens with zero attached hydrogens (tertiary/aromatic N) is 2. The number of carbonyl (C=O) groups excluding carboxylic acids is 2. The topological polar surface area (TPSA) is 61.9 Å². The Kier molecular flexibility index (Phi) is 6.82. The van der Waals surface area contributed by atoms with E-state index in [0.717, 1.165) is 6.42 Å². The average Bonchev–Trinajstić information content (AvgIpc) is 2.96. The second-order valence-electron chi connectivity index (χ2n) is 6.79. The third-order valence-corrected chi connectivity index (χ3v) is 5.41. The van der Waals surface area contributed by atoms with Crippen LogP contribution in [0.2, 0.25) is 0 Å². The predicted molar refractivity (Wildman–Crippen MR) is 117 cm³/mol. The van der Waals surface area contributed by atoms with Gasteiger partial charge < -0.3 is 15.0 Å². The number of methoxy groups -OCH3 is 1. The van der Waals surface area contributed by atoms with Crippen molar-refractivity contribution in [2.24, 2.45) is 0 Å². The van der Waals surface area contributed by atoms with Gasteiger partial charge in [-0.3, -0.25) is 14.5 Å². The molecular weight excluding hydrogens is 386 g/mol. The Labute approximate surface area is 176 Å². The largest absolute Gasteiger partial charge is 0.497 e. The lowest BCUT2D eigenvalue weighted by molar-refractivity contribution is -0.130. The number of ether oxygens (including phenoxy) is 1. The second kappa shape index (κ2) is 9.52. The van der Waals surface area contributed by atoms with Gasteiger partial charge in [-0.2, -0.15) is 0 Å². The quantitative estimate of drug-likeness (QED) is 0.677. The molecule has 2 aromatic rings. The number of hydrogen-bond donors (Lipinski definition) is 1. The van der Waals surface area contributed by atoms with Gasteiger partial charge in [0.15, 0.2) is 5.11 Å². The average molecular weight is 412 g/mol. The number of rotatable bonds is 8. The molecule has 6 nitrogen and oxygen atoms in total. The molecule has 1 atom stereocenters. The molecule has 0 aliphatic carbocycles. The third kappa shape index (κ3) is 4.92. The third-order valence-electron chi connectivity index (χ3n) is 4.96. The van der Waals surface area contributed by atoms with Crippen LogP contribution in [0.25, 0.3) is 0 Å². The molecule has 1 aliphatic heterocycles. The van der Waals surface area contributed by atoms with E-state index in [1.165, 1.54) is 5.56 Å². The fraction of sp³-hybridized carbons (Fsp3) is 0.318. The maximum Gasteiger partial charge on any atom is 0.252 e. The Morgan fingerprint density at radius 2 is 1.83 bits per heavy atom. The van der Waals surface area contributed by atoms with Crippen LogP contribution < -0.4 is 10.1 Å². The predicted octanol–water partition coefficient (Wildman–Crippen LogP) is 3.08. The van der Waals surface area contributed by atoms with Gasteiger partial charge in [-0.05, 0) is 55.4 Å². The molecule has 0 spiro atoms. The van der Waals surface area contributed by atoms with E-state index in [0.29, 0.717) is 29.6 Å². The number of anilines is 1. The molecule has 0 radical (unpaired) electrons. The molecule has 1 saturated heterocycles. The molecule has 1 fully saturated rings. The van der Waals surface area contributed by atoms with Crippen molar-refractivity contribution in [3.63, 3.8) is 0 Å². The molecule has 7 heteroatoms. The lowest BCUT2D eigenvalue weighted by atomic mass is 10.1. The number of amides is 2. The summed E-state index contributed by atoms with van der Waals surface area (Å²) in [6, 6.07) is 16.5. The van der Waals surface area contributed by atoms with Crippen LogP contribution >= 0.6 is 12.2 Å². The Balaban J connectivity index is 1.68. The van der Waals surface area contributed by atoms with Crippen molar-refractivity contribution < 1.29 is 14.3 Å². The van der Waals surface area contributed by atoms with Gasteiger partial charge in [-0.25, -0.2) is 0 Å². The van der Waals surface area contributed by atoms with Crippen LogP contribution in [0.1, 0.15) is 18.9 Å². The number of hydrogen-bond acceptors (Lipinski definition) is 4. The summed E-state index contributed by atoms with van der Waals surface area (Å²) < 4.78 is 5.13. The molecule has 2 amide bonds. The standard InChI is InChI=1S/C22H25N3O3S/c1-3-24-21(27)19(15-20(26)23-17-9-11-18(28-2)12-10-17)25(22(24)29)14-13-16-7-5-4-6-8-16/h4-12,19H,3,13-15H2,1-2H3,(H,23,26)/t19-/m0/s1. The summed E-state index contributed by atoms with van der Waals surface area (Å²) in [5, 5.41) is 3.34. The monoisotopic (exact) mass is 411 g/mol. The van der Waals surface area contributed by atoms with Crippen LogP contribution in [0.15, 0.2) is 54.6 Å². The van der Waals surface area contributed by atoms with Crippen LogP contribution in [0.4, 0.5) is 5.69 Å². The first-order chi connectivity index (χ1) is 14.0. The summed E-state index contributed by atoms with van der Waals surface area (Å²) in [4.78, 5) is 28.9. The zero-order chi connectivity index (χ0) is 20.8. The molecule has 2 aromatic carbocycles. The van der Waals surface area contributed by atoms with Crippen molar-refractivity contribution in [3.05, 3.63) is 60.2 Å². The van der Waals surface area contributed by atoms with E-state index in [9.17, 15) is 9.59 Å². The van der Waals surface area contributed by atoms with E-state index < -0.39 is 6.04 Å². The summed E-state index contributed by atoms with van der Waals surface area (Å²) in [7, 11) is 1.59. The van der Waals surface area contributed by atoms with Crippen LogP contribution in [0.3, 0.4) is 0 Å². The molecule has 1 N–H and O–H groups in total. The van der Waals surface area contributed by atoms with Crippen LogP contribution in [-0.2, 0) is 16.0 Å². The van der Waals surface area contributed by atoms with Gasteiger partial charge in [0, 0.05) is 18.8 Å². The lowest BCUT2D eigenvalue weighted by Gasteiger charge is -2.23. The summed E-state index contributed by atoms with van der Waals surface area (Å²) in [5.41, 5.74) is 1.83. The van der Waals surface area contributed by atoms with E-state index in [2.05, 4.69) is 5.32 Å². The SMILES string of the molecule is CCN1C(=O)[C@H](CC(=O)Nc2ccc(OC)cc2)N(CCc2ccccc2)C1=S. The van der Waals surface area contributed by atoms with E-state index >= 15 is 0 Å². The van der Waals surface area contributed by atoms with Crippen molar-refractivity contribution >= 4 is 34.8 Å². The maximum absolute atomic E-state index is 12.8. The lowest BCUT2D eigenvalue weighted by Crippen LogP contribution is -2.39. The summed E-state index contributed by atoms with van der Waals surface area (Å²) in [5.74, 6) is 0.374. The van der Waals surface area contributed by atoms with Gasteiger partial charge in [-0.1, -0.05) is 30.3 Å². The van der Waals surface area contributed by atoms with Crippen molar-refractivity contribution in [1.82, 2.24) is 9.80 Å².